The number of aliphatic hydroxyl groups is 3. The molecule has 1 aromatic rings. The summed E-state index contributed by atoms with van der Waals surface area (Å²) in [6.45, 7) is -0.534. The van der Waals surface area contributed by atoms with E-state index >= 15 is 0 Å². The van der Waals surface area contributed by atoms with Crippen LogP contribution in [0, 0.1) is 0 Å². The molecular weight excluding hydrogens is 288 g/mol. The number of nitrogens with one attached hydrogen (secondary N) is 2. The van der Waals surface area contributed by atoms with Crippen molar-refractivity contribution in [3.63, 3.8) is 0 Å². The van der Waals surface area contributed by atoms with Gasteiger partial charge in [-0.15, -0.1) is 0 Å². The molecule has 1 aliphatic rings. The molecule has 0 spiro atoms. The lowest BCUT2D eigenvalue weighted by molar-refractivity contribution is -0.0250. The van der Waals surface area contributed by atoms with Crippen LogP contribution in [-0.2, 0) is 4.74 Å². The molecule has 0 unspecified atom stereocenters. The molecule has 0 radical (unpaired) electrons. The summed E-state index contributed by atoms with van der Waals surface area (Å²) >= 11 is 0. The van der Waals surface area contributed by atoms with E-state index in [2.05, 4.69) is 9.97 Å². The number of aliphatic hydroxyl groups excluding tert-OH is 3. The van der Waals surface area contributed by atoms with E-state index in [-0.39, 0.29) is 11.6 Å². The topological polar surface area (TPSA) is 191 Å². The third-order valence-electron chi connectivity index (χ3n) is 2.99. The molecule has 116 valence electrons. The van der Waals surface area contributed by atoms with Gasteiger partial charge in [-0.05, 0) is 0 Å². The Balaban J connectivity index is 2.32. The molecule has 0 saturated carbocycles. The maximum Gasteiger partial charge on any atom is 0.356 e. The van der Waals surface area contributed by atoms with Crippen LogP contribution in [0.25, 0.3) is 0 Å². The molecular formula is C10H14N4O7. The smallest absolute Gasteiger partial charge is 0.356 e. The lowest BCUT2D eigenvalue weighted by Gasteiger charge is -2.11. The number of rotatable bonds is 4. The molecule has 1 saturated heterocycles. The van der Waals surface area contributed by atoms with Gasteiger partial charge in [0.15, 0.2) is 11.5 Å². The maximum absolute atomic E-state index is 11.0. The van der Waals surface area contributed by atoms with Crippen LogP contribution in [0.15, 0.2) is 0 Å². The highest BCUT2D eigenvalue weighted by Gasteiger charge is 2.45. The lowest BCUT2D eigenvalue weighted by Crippen LogP contribution is -2.32. The van der Waals surface area contributed by atoms with Crippen molar-refractivity contribution < 1.29 is 34.8 Å². The summed E-state index contributed by atoms with van der Waals surface area (Å²) in [4.78, 5) is 28.0. The maximum atomic E-state index is 11.0. The van der Waals surface area contributed by atoms with Gasteiger partial charge in [-0.2, -0.15) is 0 Å². The summed E-state index contributed by atoms with van der Waals surface area (Å²) in [7, 11) is 0. The van der Waals surface area contributed by atoms with Gasteiger partial charge in [0.05, 0.1) is 6.61 Å². The molecule has 11 nitrogen and oxygen atoms in total. The number of ether oxygens (including phenoxy) is 1. The average Bonchev–Trinajstić information content (AvgIpc) is 2.92. The van der Waals surface area contributed by atoms with Crippen LogP contribution in [-0.4, -0.2) is 67.3 Å². The van der Waals surface area contributed by atoms with Crippen molar-refractivity contribution in [1.82, 2.24) is 9.97 Å². The molecule has 1 aliphatic heterocycles. The number of imidazole rings is 1. The Morgan fingerprint density at radius 2 is 2.05 bits per heavy atom. The molecule has 8 N–H and O–H groups in total. The number of hydrogen-bond acceptors (Lipinski definition) is 7. The van der Waals surface area contributed by atoms with Crippen LogP contribution < -0.4 is 11.1 Å². The second kappa shape index (κ2) is 5.65. The van der Waals surface area contributed by atoms with E-state index in [9.17, 15) is 19.8 Å². The fourth-order valence-electron chi connectivity index (χ4n) is 2.01. The van der Waals surface area contributed by atoms with E-state index < -0.39 is 48.7 Å². The molecule has 2 amide bonds. The van der Waals surface area contributed by atoms with E-state index in [4.69, 9.17) is 20.7 Å². The van der Waals surface area contributed by atoms with Crippen LogP contribution in [0.4, 0.5) is 10.6 Å². The molecule has 2 rings (SSSR count). The SMILES string of the molecule is NC(=O)Nc1nc([C@@H]2O[C@H](CO)[C@@H](O)[C@H]2O)[nH]c1C(=O)O. The monoisotopic (exact) mass is 302 g/mol. The summed E-state index contributed by atoms with van der Waals surface area (Å²) in [6, 6.07) is -1.02. The fourth-order valence-corrected chi connectivity index (χ4v) is 2.01. The summed E-state index contributed by atoms with van der Waals surface area (Å²) < 4.78 is 5.19. The second-order valence-corrected chi connectivity index (χ2v) is 4.40. The number of aromatic nitrogens is 2. The quantitative estimate of drug-likeness (QED) is 0.324. The number of carboxylic acid groups (broad SMARTS) is 1. The van der Waals surface area contributed by atoms with Crippen LogP contribution in [0.5, 0.6) is 0 Å². The third-order valence-corrected chi connectivity index (χ3v) is 2.99. The Bertz CT molecular complexity index is 560. The Morgan fingerprint density at radius 3 is 2.52 bits per heavy atom. The van der Waals surface area contributed by atoms with Gasteiger partial charge in [0, 0.05) is 0 Å². The number of nitrogens with zero attached hydrogens (tertiary/aromatic N) is 1. The molecule has 0 bridgehead atoms. The Hall–Kier alpha value is -2.21. The van der Waals surface area contributed by atoms with Gasteiger partial charge in [-0.1, -0.05) is 0 Å². The fraction of sp³-hybridized carbons (Fsp3) is 0.500. The molecule has 1 aromatic heterocycles. The number of urea groups is 1. The molecule has 21 heavy (non-hydrogen) atoms. The summed E-state index contributed by atoms with van der Waals surface area (Å²) in [6.07, 6.45) is -4.99. The molecule has 11 heteroatoms. The van der Waals surface area contributed by atoms with E-state index in [0.717, 1.165) is 0 Å². The molecule has 2 heterocycles. The van der Waals surface area contributed by atoms with E-state index in [0.29, 0.717) is 0 Å². The number of primary amides is 1. The summed E-state index contributed by atoms with van der Waals surface area (Å²) in [5.41, 5.74) is 4.44. The van der Waals surface area contributed by atoms with Crippen molar-refractivity contribution in [1.29, 1.82) is 0 Å². The number of carbonyl (C=O) groups is 2. The Labute approximate surface area is 117 Å². The first-order chi connectivity index (χ1) is 9.85. The number of anilines is 1. The van der Waals surface area contributed by atoms with Gasteiger partial charge in [0.2, 0.25) is 0 Å². The van der Waals surface area contributed by atoms with Gasteiger partial charge in [-0.3, -0.25) is 5.32 Å². The minimum Gasteiger partial charge on any atom is -0.476 e. The standard InChI is InChI=1S/C10H14N4O7/c11-10(20)14-7-3(9(18)19)12-8(13-7)6-5(17)4(16)2(1-15)21-6/h2,4-6,15-17H,1H2,(H,12,13)(H,18,19)(H3,11,14,20)/t2-,4-,5-,6-/m1/s1. The largest absolute Gasteiger partial charge is 0.476 e. The third kappa shape index (κ3) is 2.80. The number of aromatic amines is 1. The minimum atomic E-state index is -1.42. The van der Waals surface area contributed by atoms with Crippen molar-refractivity contribution in [2.45, 2.75) is 24.4 Å². The molecule has 4 atom stereocenters. The number of carbonyl (C=O) groups excluding carboxylic acids is 1. The predicted molar refractivity (Wildman–Crippen MR) is 65.5 cm³/mol. The zero-order chi connectivity index (χ0) is 15.7. The van der Waals surface area contributed by atoms with Crippen LogP contribution in [0.1, 0.15) is 22.4 Å². The van der Waals surface area contributed by atoms with E-state index in [1.54, 1.807) is 0 Å². The molecule has 0 aliphatic carbocycles. The van der Waals surface area contributed by atoms with Crippen LogP contribution in [0.3, 0.4) is 0 Å². The van der Waals surface area contributed by atoms with Gasteiger partial charge in [0.1, 0.15) is 30.2 Å². The number of amides is 2. The van der Waals surface area contributed by atoms with Gasteiger partial charge >= 0.3 is 12.0 Å². The number of aromatic carboxylic acids is 1. The van der Waals surface area contributed by atoms with Crippen molar-refractivity contribution in [3.05, 3.63) is 11.5 Å². The number of nitrogens with two attached hydrogens (primary N) is 1. The normalized spacial score (nSPS) is 28.5. The van der Waals surface area contributed by atoms with Gasteiger partial charge in [-0.25, -0.2) is 14.6 Å². The van der Waals surface area contributed by atoms with Crippen molar-refractivity contribution in [2.75, 3.05) is 11.9 Å². The predicted octanol–water partition coefficient (Wildman–Crippen LogP) is -2.25. The first-order valence-corrected chi connectivity index (χ1v) is 5.87. The number of carboxylic acids is 1. The molecule has 0 aromatic carbocycles. The second-order valence-electron chi connectivity index (χ2n) is 4.40. The number of H-pyrrole nitrogens is 1. The van der Waals surface area contributed by atoms with Gasteiger partial charge in [0.25, 0.3) is 0 Å². The molecule has 1 fully saturated rings. The zero-order valence-corrected chi connectivity index (χ0v) is 10.6. The Kier molecular flexibility index (Phi) is 4.09. The zero-order valence-electron chi connectivity index (χ0n) is 10.6. The van der Waals surface area contributed by atoms with Crippen molar-refractivity contribution in [2.24, 2.45) is 5.73 Å². The highest BCUT2D eigenvalue weighted by atomic mass is 16.6. The highest BCUT2D eigenvalue weighted by molar-refractivity contribution is 5.96. The van der Waals surface area contributed by atoms with E-state index in [1.165, 1.54) is 0 Å². The van der Waals surface area contributed by atoms with Gasteiger partial charge < -0.3 is 35.9 Å². The average molecular weight is 302 g/mol. The van der Waals surface area contributed by atoms with Crippen LogP contribution >= 0.6 is 0 Å². The van der Waals surface area contributed by atoms with Crippen molar-refractivity contribution >= 4 is 17.8 Å². The van der Waals surface area contributed by atoms with Crippen LogP contribution in [0.2, 0.25) is 0 Å². The number of hydrogen-bond donors (Lipinski definition) is 7. The first-order valence-electron chi connectivity index (χ1n) is 5.87. The Morgan fingerprint density at radius 1 is 1.38 bits per heavy atom. The summed E-state index contributed by atoms with van der Waals surface area (Å²) in [5.74, 6) is -1.88. The first kappa shape index (κ1) is 15.2. The van der Waals surface area contributed by atoms with E-state index in [1.807, 2.05) is 5.32 Å². The highest BCUT2D eigenvalue weighted by Crippen LogP contribution is 2.33. The van der Waals surface area contributed by atoms with Crippen molar-refractivity contribution in [3.8, 4) is 0 Å². The lowest BCUT2D eigenvalue weighted by atomic mass is 10.1. The minimum absolute atomic E-state index is 0.126. The summed E-state index contributed by atoms with van der Waals surface area (Å²) in [5, 5.41) is 39.5.